The molecule has 2 heteroatoms. The molecule has 0 atom stereocenters. The number of likely N-dealkylation sites (N-methyl/N-ethyl adjacent to an activating group) is 1. The van der Waals surface area contributed by atoms with E-state index in [4.69, 9.17) is 4.74 Å². The van der Waals surface area contributed by atoms with Gasteiger partial charge in [-0.2, -0.15) is 0 Å². The SMILES string of the molecule is COc1ccc2c(c1)C1(CCCCC1)CN2C. The van der Waals surface area contributed by atoms with Crippen molar-refractivity contribution in [2.75, 3.05) is 25.6 Å². The quantitative estimate of drug-likeness (QED) is 0.735. The first-order valence-corrected chi connectivity index (χ1v) is 6.65. The Hall–Kier alpha value is -1.18. The average molecular weight is 231 g/mol. The summed E-state index contributed by atoms with van der Waals surface area (Å²) in [5.41, 5.74) is 3.35. The van der Waals surface area contributed by atoms with Crippen molar-refractivity contribution in [2.45, 2.75) is 37.5 Å². The lowest BCUT2D eigenvalue weighted by Gasteiger charge is -2.34. The standard InChI is InChI=1S/C15H21NO/c1-16-11-15(8-4-3-5-9-15)13-10-12(17-2)6-7-14(13)16/h6-7,10H,3-5,8-9,11H2,1-2H3. The minimum Gasteiger partial charge on any atom is -0.497 e. The number of hydrogen-bond acceptors (Lipinski definition) is 2. The fourth-order valence-electron chi connectivity index (χ4n) is 3.68. The third kappa shape index (κ3) is 1.62. The highest BCUT2D eigenvalue weighted by molar-refractivity contribution is 5.64. The molecule has 0 amide bonds. The van der Waals surface area contributed by atoms with Gasteiger partial charge in [-0.25, -0.2) is 0 Å². The van der Waals surface area contributed by atoms with Crippen molar-refractivity contribution in [3.8, 4) is 5.75 Å². The molecule has 0 N–H and O–H groups in total. The molecule has 1 spiro atoms. The zero-order valence-electron chi connectivity index (χ0n) is 10.8. The highest BCUT2D eigenvalue weighted by Crippen LogP contribution is 2.49. The Morgan fingerprint density at radius 3 is 2.65 bits per heavy atom. The number of benzene rings is 1. The molecule has 2 nitrogen and oxygen atoms in total. The number of nitrogens with zero attached hydrogens (tertiary/aromatic N) is 1. The molecule has 17 heavy (non-hydrogen) atoms. The van der Waals surface area contributed by atoms with Crippen molar-refractivity contribution in [3.63, 3.8) is 0 Å². The lowest BCUT2D eigenvalue weighted by molar-refractivity contribution is 0.311. The first-order chi connectivity index (χ1) is 8.25. The average Bonchev–Trinajstić information content (AvgIpc) is 2.63. The third-order valence-electron chi connectivity index (χ3n) is 4.54. The summed E-state index contributed by atoms with van der Waals surface area (Å²) < 4.78 is 5.39. The second kappa shape index (κ2) is 3.94. The van der Waals surface area contributed by atoms with Gasteiger partial charge >= 0.3 is 0 Å². The van der Waals surface area contributed by atoms with Crippen LogP contribution >= 0.6 is 0 Å². The minimum absolute atomic E-state index is 0.414. The van der Waals surface area contributed by atoms with E-state index in [1.165, 1.54) is 49.9 Å². The first kappa shape index (κ1) is 10.9. The first-order valence-electron chi connectivity index (χ1n) is 6.65. The molecule has 1 heterocycles. The molecule has 0 aromatic heterocycles. The predicted octanol–water partition coefficient (Wildman–Crippen LogP) is 3.35. The van der Waals surface area contributed by atoms with Crippen molar-refractivity contribution in [3.05, 3.63) is 23.8 Å². The summed E-state index contributed by atoms with van der Waals surface area (Å²) >= 11 is 0. The zero-order chi connectivity index (χ0) is 11.9. The maximum absolute atomic E-state index is 5.39. The van der Waals surface area contributed by atoms with Gasteiger partial charge in [-0.1, -0.05) is 19.3 Å². The van der Waals surface area contributed by atoms with Gasteiger partial charge in [-0.3, -0.25) is 0 Å². The lowest BCUT2D eigenvalue weighted by Crippen LogP contribution is -2.33. The van der Waals surface area contributed by atoms with Gasteiger partial charge in [0.15, 0.2) is 0 Å². The van der Waals surface area contributed by atoms with Crippen molar-refractivity contribution in [1.29, 1.82) is 0 Å². The van der Waals surface area contributed by atoms with E-state index in [2.05, 4.69) is 30.1 Å². The number of fused-ring (bicyclic) bond motifs is 2. The van der Waals surface area contributed by atoms with E-state index < -0.39 is 0 Å². The van der Waals surface area contributed by atoms with Crippen LogP contribution in [-0.2, 0) is 5.41 Å². The third-order valence-corrected chi connectivity index (χ3v) is 4.54. The van der Waals surface area contributed by atoms with Crippen LogP contribution in [0.3, 0.4) is 0 Å². The van der Waals surface area contributed by atoms with E-state index in [1.807, 2.05) is 0 Å². The fraction of sp³-hybridized carbons (Fsp3) is 0.600. The van der Waals surface area contributed by atoms with Crippen LogP contribution in [0.1, 0.15) is 37.7 Å². The summed E-state index contributed by atoms with van der Waals surface area (Å²) in [4.78, 5) is 2.42. The Kier molecular flexibility index (Phi) is 2.53. The Balaban J connectivity index is 2.06. The zero-order valence-corrected chi connectivity index (χ0v) is 10.8. The number of methoxy groups -OCH3 is 1. The van der Waals surface area contributed by atoms with Gasteiger partial charge in [0.05, 0.1) is 7.11 Å². The minimum atomic E-state index is 0.414. The molecule has 3 rings (SSSR count). The molecule has 1 aromatic carbocycles. The molecule has 1 aliphatic heterocycles. The lowest BCUT2D eigenvalue weighted by atomic mass is 9.71. The summed E-state index contributed by atoms with van der Waals surface area (Å²) in [7, 11) is 3.97. The predicted molar refractivity (Wildman–Crippen MR) is 71.0 cm³/mol. The highest BCUT2D eigenvalue weighted by Gasteiger charge is 2.42. The van der Waals surface area contributed by atoms with Crippen LogP contribution in [0.5, 0.6) is 5.75 Å². The Morgan fingerprint density at radius 1 is 1.18 bits per heavy atom. The summed E-state index contributed by atoms with van der Waals surface area (Å²) in [6.45, 7) is 1.19. The van der Waals surface area contributed by atoms with Crippen LogP contribution in [0.2, 0.25) is 0 Å². The van der Waals surface area contributed by atoms with Crippen LogP contribution in [0.4, 0.5) is 5.69 Å². The topological polar surface area (TPSA) is 12.5 Å². The van der Waals surface area contributed by atoms with Crippen molar-refractivity contribution < 1.29 is 4.74 Å². The van der Waals surface area contributed by atoms with E-state index in [-0.39, 0.29) is 0 Å². The van der Waals surface area contributed by atoms with Crippen molar-refractivity contribution >= 4 is 5.69 Å². The van der Waals surface area contributed by atoms with Crippen molar-refractivity contribution in [1.82, 2.24) is 0 Å². The molecule has 0 saturated heterocycles. The van der Waals surface area contributed by atoms with Gasteiger partial charge in [-0.05, 0) is 36.6 Å². The van der Waals surface area contributed by atoms with Gasteiger partial charge in [0.25, 0.3) is 0 Å². The van der Waals surface area contributed by atoms with E-state index in [0.29, 0.717) is 5.41 Å². The Labute approximate surface area is 104 Å². The molecule has 0 radical (unpaired) electrons. The summed E-state index contributed by atoms with van der Waals surface area (Å²) in [6, 6.07) is 6.57. The Morgan fingerprint density at radius 2 is 1.94 bits per heavy atom. The van der Waals surface area contributed by atoms with Crippen LogP contribution in [-0.4, -0.2) is 20.7 Å². The van der Waals surface area contributed by atoms with Gasteiger partial charge in [0.1, 0.15) is 5.75 Å². The van der Waals surface area contributed by atoms with Crippen LogP contribution in [0, 0.1) is 0 Å². The molecular formula is C15H21NO. The fourth-order valence-corrected chi connectivity index (χ4v) is 3.68. The normalized spacial score (nSPS) is 21.6. The second-order valence-corrected chi connectivity index (χ2v) is 5.58. The van der Waals surface area contributed by atoms with E-state index in [1.54, 1.807) is 7.11 Å². The molecule has 1 saturated carbocycles. The summed E-state index contributed by atoms with van der Waals surface area (Å²) in [5.74, 6) is 1.00. The smallest absolute Gasteiger partial charge is 0.119 e. The van der Waals surface area contributed by atoms with Gasteiger partial charge in [0.2, 0.25) is 0 Å². The Bertz CT molecular complexity index is 421. The number of hydrogen-bond donors (Lipinski definition) is 0. The molecule has 0 unspecified atom stereocenters. The highest BCUT2D eigenvalue weighted by atomic mass is 16.5. The van der Waals surface area contributed by atoms with Gasteiger partial charge < -0.3 is 9.64 Å². The number of rotatable bonds is 1. The van der Waals surface area contributed by atoms with Gasteiger partial charge in [-0.15, -0.1) is 0 Å². The second-order valence-electron chi connectivity index (χ2n) is 5.58. The molecule has 1 aromatic rings. The van der Waals surface area contributed by atoms with E-state index in [0.717, 1.165) is 5.75 Å². The maximum Gasteiger partial charge on any atom is 0.119 e. The molecule has 1 fully saturated rings. The van der Waals surface area contributed by atoms with E-state index >= 15 is 0 Å². The van der Waals surface area contributed by atoms with Gasteiger partial charge in [0, 0.05) is 24.7 Å². The summed E-state index contributed by atoms with van der Waals surface area (Å²) in [5, 5.41) is 0. The molecule has 92 valence electrons. The maximum atomic E-state index is 5.39. The van der Waals surface area contributed by atoms with Crippen LogP contribution < -0.4 is 9.64 Å². The van der Waals surface area contributed by atoms with Crippen molar-refractivity contribution in [2.24, 2.45) is 0 Å². The molecule has 0 bridgehead atoms. The monoisotopic (exact) mass is 231 g/mol. The molecule has 1 aliphatic carbocycles. The number of ether oxygens (including phenoxy) is 1. The number of anilines is 1. The summed E-state index contributed by atoms with van der Waals surface area (Å²) in [6.07, 6.45) is 6.86. The van der Waals surface area contributed by atoms with E-state index in [9.17, 15) is 0 Å². The molecular weight excluding hydrogens is 210 g/mol. The molecule has 2 aliphatic rings. The largest absolute Gasteiger partial charge is 0.497 e. The van der Waals surface area contributed by atoms with Crippen LogP contribution in [0.15, 0.2) is 18.2 Å². The van der Waals surface area contributed by atoms with Crippen LogP contribution in [0.25, 0.3) is 0 Å².